The van der Waals surface area contributed by atoms with Crippen molar-refractivity contribution in [3.05, 3.63) is 29.6 Å². The van der Waals surface area contributed by atoms with Crippen LogP contribution >= 0.6 is 0 Å². The molecule has 1 saturated carbocycles. The highest BCUT2D eigenvalue weighted by Gasteiger charge is 2.31. The van der Waals surface area contributed by atoms with Crippen LogP contribution in [0.2, 0.25) is 0 Å². The molecule has 1 aromatic rings. The van der Waals surface area contributed by atoms with E-state index < -0.39 is 0 Å². The minimum absolute atomic E-state index is 0.101. The molecule has 0 aliphatic heterocycles. The molecule has 0 aromatic heterocycles. The van der Waals surface area contributed by atoms with E-state index in [-0.39, 0.29) is 5.82 Å². The molecule has 2 rings (SSSR count). The van der Waals surface area contributed by atoms with Crippen molar-refractivity contribution in [2.75, 3.05) is 18.5 Å². The van der Waals surface area contributed by atoms with Crippen molar-refractivity contribution in [1.29, 1.82) is 0 Å². The summed E-state index contributed by atoms with van der Waals surface area (Å²) in [5, 5.41) is 3.07. The molecule has 1 aromatic carbocycles. The molecule has 18 heavy (non-hydrogen) atoms. The number of hydrogen-bond acceptors (Lipinski definition) is 2. The van der Waals surface area contributed by atoms with Crippen LogP contribution in [0.15, 0.2) is 18.2 Å². The van der Waals surface area contributed by atoms with Gasteiger partial charge in [0.15, 0.2) is 0 Å². The van der Waals surface area contributed by atoms with Crippen LogP contribution in [0, 0.1) is 11.7 Å². The zero-order valence-electron chi connectivity index (χ0n) is 11.5. The molecule has 0 radical (unpaired) electrons. The lowest BCUT2D eigenvalue weighted by molar-refractivity contribution is 0.583. The SMILES string of the molecule is CNCc1c(F)cccc1N(CC(C)C)C1CC1. The lowest BCUT2D eigenvalue weighted by Crippen LogP contribution is -2.31. The van der Waals surface area contributed by atoms with E-state index in [1.807, 2.05) is 13.1 Å². The van der Waals surface area contributed by atoms with Crippen LogP contribution in [-0.4, -0.2) is 19.6 Å². The molecule has 0 bridgehead atoms. The van der Waals surface area contributed by atoms with Gasteiger partial charge >= 0.3 is 0 Å². The number of anilines is 1. The molecular formula is C15H23FN2. The predicted octanol–water partition coefficient (Wildman–Crippen LogP) is 3.17. The Kier molecular flexibility index (Phi) is 4.23. The lowest BCUT2D eigenvalue weighted by atomic mass is 10.1. The van der Waals surface area contributed by atoms with Gasteiger partial charge in [-0.25, -0.2) is 4.39 Å². The van der Waals surface area contributed by atoms with Gasteiger partial charge in [-0.15, -0.1) is 0 Å². The fourth-order valence-corrected chi connectivity index (χ4v) is 2.39. The molecule has 1 fully saturated rings. The Bertz CT molecular complexity index is 399. The van der Waals surface area contributed by atoms with E-state index in [9.17, 15) is 4.39 Å². The molecule has 0 atom stereocenters. The van der Waals surface area contributed by atoms with Crippen molar-refractivity contribution in [3.63, 3.8) is 0 Å². The largest absolute Gasteiger partial charge is 0.368 e. The zero-order chi connectivity index (χ0) is 13.1. The molecule has 3 heteroatoms. The summed E-state index contributed by atoms with van der Waals surface area (Å²) in [6.45, 7) is 6.02. The van der Waals surface area contributed by atoms with Gasteiger partial charge in [0.05, 0.1) is 0 Å². The molecule has 0 saturated heterocycles. The van der Waals surface area contributed by atoms with Crippen LogP contribution in [0.4, 0.5) is 10.1 Å². The quantitative estimate of drug-likeness (QED) is 0.834. The highest BCUT2D eigenvalue weighted by atomic mass is 19.1. The van der Waals surface area contributed by atoms with Gasteiger partial charge in [0.1, 0.15) is 5.82 Å². The van der Waals surface area contributed by atoms with Gasteiger partial charge < -0.3 is 10.2 Å². The Balaban J connectivity index is 2.30. The Morgan fingerprint density at radius 1 is 1.39 bits per heavy atom. The van der Waals surface area contributed by atoms with E-state index >= 15 is 0 Å². The van der Waals surface area contributed by atoms with Crippen LogP contribution in [0.1, 0.15) is 32.3 Å². The van der Waals surface area contributed by atoms with Crippen molar-refractivity contribution < 1.29 is 4.39 Å². The average molecular weight is 250 g/mol. The molecule has 0 spiro atoms. The molecule has 1 aliphatic carbocycles. The van der Waals surface area contributed by atoms with Crippen LogP contribution in [0.25, 0.3) is 0 Å². The van der Waals surface area contributed by atoms with Crippen LogP contribution < -0.4 is 10.2 Å². The van der Waals surface area contributed by atoms with Crippen LogP contribution in [-0.2, 0) is 6.54 Å². The second kappa shape index (κ2) is 5.70. The smallest absolute Gasteiger partial charge is 0.129 e. The summed E-state index contributed by atoms with van der Waals surface area (Å²) in [4.78, 5) is 2.39. The third-order valence-corrected chi connectivity index (χ3v) is 3.31. The summed E-state index contributed by atoms with van der Waals surface area (Å²) in [6, 6.07) is 6.04. The molecule has 100 valence electrons. The first-order valence-electron chi connectivity index (χ1n) is 6.82. The Labute approximate surface area is 109 Å². The minimum Gasteiger partial charge on any atom is -0.368 e. The van der Waals surface area contributed by atoms with E-state index in [2.05, 4.69) is 30.1 Å². The molecule has 2 nitrogen and oxygen atoms in total. The number of nitrogens with zero attached hydrogens (tertiary/aromatic N) is 1. The average Bonchev–Trinajstić information content (AvgIpc) is 3.13. The number of rotatable bonds is 6. The Hall–Kier alpha value is -1.09. The second-order valence-electron chi connectivity index (χ2n) is 5.55. The Morgan fingerprint density at radius 2 is 2.11 bits per heavy atom. The summed E-state index contributed by atoms with van der Waals surface area (Å²) in [5.74, 6) is 0.493. The fourth-order valence-electron chi connectivity index (χ4n) is 2.39. The normalized spacial score (nSPS) is 15.2. The van der Waals surface area contributed by atoms with Crippen molar-refractivity contribution in [2.45, 2.75) is 39.3 Å². The topological polar surface area (TPSA) is 15.3 Å². The first-order chi connectivity index (χ1) is 8.63. The monoisotopic (exact) mass is 250 g/mol. The summed E-state index contributed by atoms with van der Waals surface area (Å²) in [5.41, 5.74) is 1.87. The number of hydrogen-bond donors (Lipinski definition) is 1. The summed E-state index contributed by atoms with van der Waals surface area (Å²) in [7, 11) is 1.86. The highest BCUT2D eigenvalue weighted by molar-refractivity contribution is 5.56. The van der Waals surface area contributed by atoms with Gasteiger partial charge in [0.2, 0.25) is 0 Å². The van der Waals surface area contributed by atoms with E-state index in [0.29, 0.717) is 18.5 Å². The van der Waals surface area contributed by atoms with Crippen LogP contribution in [0.5, 0.6) is 0 Å². The number of nitrogens with one attached hydrogen (secondary N) is 1. The maximum absolute atomic E-state index is 14.0. The number of halogens is 1. The third kappa shape index (κ3) is 3.02. The lowest BCUT2D eigenvalue weighted by Gasteiger charge is -2.29. The van der Waals surface area contributed by atoms with Gasteiger partial charge in [-0.05, 0) is 37.9 Å². The van der Waals surface area contributed by atoms with Gasteiger partial charge in [0.25, 0.3) is 0 Å². The molecule has 0 heterocycles. The molecule has 1 aliphatic rings. The van der Waals surface area contributed by atoms with E-state index in [0.717, 1.165) is 17.8 Å². The van der Waals surface area contributed by atoms with Gasteiger partial charge in [-0.3, -0.25) is 0 Å². The maximum atomic E-state index is 14.0. The third-order valence-electron chi connectivity index (χ3n) is 3.31. The first kappa shape index (κ1) is 13.3. The van der Waals surface area contributed by atoms with Crippen LogP contribution in [0.3, 0.4) is 0 Å². The fraction of sp³-hybridized carbons (Fsp3) is 0.600. The second-order valence-corrected chi connectivity index (χ2v) is 5.55. The van der Waals surface area contributed by atoms with Gasteiger partial charge in [-0.1, -0.05) is 19.9 Å². The van der Waals surface area contributed by atoms with Crippen molar-refractivity contribution >= 4 is 5.69 Å². The van der Waals surface area contributed by atoms with E-state index in [1.165, 1.54) is 12.8 Å². The zero-order valence-corrected chi connectivity index (χ0v) is 11.5. The molecular weight excluding hydrogens is 227 g/mol. The standard InChI is InChI=1S/C15H23FN2/c1-11(2)10-18(12-7-8-12)15-6-4-5-14(16)13(15)9-17-3/h4-6,11-12,17H,7-10H2,1-3H3. The summed E-state index contributed by atoms with van der Waals surface area (Å²) in [6.07, 6.45) is 2.48. The van der Waals surface area contributed by atoms with E-state index in [4.69, 9.17) is 0 Å². The van der Waals surface area contributed by atoms with E-state index in [1.54, 1.807) is 6.07 Å². The number of benzene rings is 1. The highest BCUT2D eigenvalue weighted by Crippen LogP contribution is 2.35. The minimum atomic E-state index is -0.101. The molecule has 0 amide bonds. The first-order valence-corrected chi connectivity index (χ1v) is 6.82. The maximum Gasteiger partial charge on any atom is 0.129 e. The van der Waals surface area contributed by atoms with Gasteiger partial charge in [0, 0.05) is 30.4 Å². The summed E-state index contributed by atoms with van der Waals surface area (Å²) >= 11 is 0. The van der Waals surface area contributed by atoms with Crippen molar-refractivity contribution in [3.8, 4) is 0 Å². The molecule has 0 unspecified atom stereocenters. The summed E-state index contributed by atoms with van der Waals surface area (Å²) < 4.78 is 14.0. The van der Waals surface area contributed by atoms with Gasteiger partial charge in [-0.2, -0.15) is 0 Å². The van der Waals surface area contributed by atoms with Crippen molar-refractivity contribution in [2.24, 2.45) is 5.92 Å². The predicted molar refractivity (Wildman–Crippen MR) is 74.4 cm³/mol. The molecule has 1 N–H and O–H groups in total. The Morgan fingerprint density at radius 3 is 2.67 bits per heavy atom. The van der Waals surface area contributed by atoms with Crippen molar-refractivity contribution in [1.82, 2.24) is 5.32 Å².